The van der Waals surface area contributed by atoms with Gasteiger partial charge in [-0.2, -0.15) is 0 Å². The summed E-state index contributed by atoms with van der Waals surface area (Å²) >= 11 is 0. The normalized spacial score (nSPS) is 15.0. The molecule has 3 rings (SSSR count). The molecule has 1 aromatic heterocycles. The molecule has 1 aliphatic rings. The molecule has 1 aromatic carbocycles. The van der Waals surface area contributed by atoms with Crippen LogP contribution in [-0.2, 0) is 16.6 Å². The number of carbonyl (C=O) groups excluding carboxylic acids is 3. The largest absolute Gasteiger partial charge is 0.334 e. The predicted molar refractivity (Wildman–Crippen MR) is 79.1 cm³/mol. The summed E-state index contributed by atoms with van der Waals surface area (Å²) in [6.45, 7) is -0.283. The van der Waals surface area contributed by atoms with Crippen molar-refractivity contribution in [2.45, 2.75) is 0 Å². The van der Waals surface area contributed by atoms with Crippen LogP contribution in [0.5, 0.6) is 0 Å². The molecular weight excluding hydrogens is 286 g/mol. The number of anilines is 1. The molecule has 114 valence electrons. The van der Waals surface area contributed by atoms with Gasteiger partial charge in [0.25, 0.3) is 5.91 Å². The van der Waals surface area contributed by atoms with Crippen molar-refractivity contribution in [1.82, 2.24) is 19.4 Å². The second-order valence-electron chi connectivity index (χ2n) is 5.23. The van der Waals surface area contributed by atoms with Crippen LogP contribution in [0.4, 0.5) is 10.5 Å². The van der Waals surface area contributed by atoms with Gasteiger partial charge in [0.2, 0.25) is 5.91 Å². The van der Waals surface area contributed by atoms with Gasteiger partial charge in [0.1, 0.15) is 13.1 Å². The van der Waals surface area contributed by atoms with Gasteiger partial charge in [0, 0.05) is 19.8 Å². The maximum Gasteiger partial charge on any atom is 0.327 e. The fraction of sp³-hybridized carbons (Fsp3) is 0.286. The van der Waals surface area contributed by atoms with E-state index >= 15 is 0 Å². The fourth-order valence-corrected chi connectivity index (χ4v) is 2.38. The molecular formula is C14H15N5O3. The van der Waals surface area contributed by atoms with Crippen molar-refractivity contribution in [3.05, 3.63) is 24.5 Å². The van der Waals surface area contributed by atoms with Gasteiger partial charge in [-0.3, -0.25) is 14.5 Å². The van der Waals surface area contributed by atoms with E-state index in [2.05, 4.69) is 10.3 Å². The third-order valence-corrected chi connectivity index (χ3v) is 3.54. The van der Waals surface area contributed by atoms with Crippen LogP contribution in [0.1, 0.15) is 0 Å². The number of fused-ring (bicyclic) bond motifs is 1. The highest BCUT2D eigenvalue weighted by molar-refractivity contribution is 6.06. The zero-order valence-corrected chi connectivity index (χ0v) is 12.2. The smallest absolute Gasteiger partial charge is 0.327 e. The van der Waals surface area contributed by atoms with Gasteiger partial charge in [-0.05, 0) is 18.2 Å². The number of hydrogen-bond donors (Lipinski definition) is 1. The number of imidazole rings is 1. The Balaban J connectivity index is 1.70. The number of amides is 4. The van der Waals surface area contributed by atoms with E-state index in [-0.39, 0.29) is 19.0 Å². The van der Waals surface area contributed by atoms with E-state index < -0.39 is 11.9 Å². The number of aromatic nitrogens is 2. The number of hydrogen-bond acceptors (Lipinski definition) is 4. The second-order valence-corrected chi connectivity index (χ2v) is 5.23. The van der Waals surface area contributed by atoms with Crippen LogP contribution in [0.15, 0.2) is 24.5 Å². The van der Waals surface area contributed by atoms with Crippen molar-refractivity contribution in [1.29, 1.82) is 0 Å². The first kappa shape index (κ1) is 14.1. The topological polar surface area (TPSA) is 87.5 Å². The number of imide groups is 1. The highest BCUT2D eigenvalue weighted by atomic mass is 16.2. The van der Waals surface area contributed by atoms with E-state index in [4.69, 9.17) is 0 Å². The summed E-state index contributed by atoms with van der Waals surface area (Å²) in [7, 11) is 3.40. The maximum atomic E-state index is 12.0. The fourth-order valence-electron chi connectivity index (χ4n) is 2.38. The van der Waals surface area contributed by atoms with Crippen LogP contribution in [0, 0.1) is 0 Å². The summed E-state index contributed by atoms with van der Waals surface area (Å²) < 4.78 is 1.87. The molecule has 4 amide bonds. The minimum atomic E-state index is -0.458. The second kappa shape index (κ2) is 5.14. The molecule has 0 atom stereocenters. The lowest BCUT2D eigenvalue weighted by atomic mass is 10.2. The van der Waals surface area contributed by atoms with Gasteiger partial charge in [-0.1, -0.05) is 0 Å². The molecule has 0 radical (unpaired) electrons. The molecule has 1 saturated heterocycles. The molecule has 0 spiro atoms. The lowest BCUT2D eigenvalue weighted by Crippen LogP contribution is -2.38. The van der Waals surface area contributed by atoms with Gasteiger partial charge < -0.3 is 14.8 Å². The first-order chi connectivity index (χ1) is 10.5. The minimum Gasteiger partial charge on any atom is -0.334 e. The number of rotatable bonds is 3. The highest BCUT2D eigenvalue weighted by Crippen LogP contribution is 2.17. The molecule has 0 unspecified atom stereocenters. The Morgan fingerprint density at radius 2 is 2.09 bits per heavy atom. The standard InChI is InChI=1S/C14H15N5O3/c1-17-7-13(21)19(14(17)22)6-12(20)16-9-3-4-11-10(5-9)15-8-18(11)2/h3-5,8H,6-7H2,1-2H3,(H,16,20). The Morgan fingerprint density at radius 1 is 1.32 bits per heavy atom. The molecule has 22 heavy (non-hydrogen) atoms. The molecule has 1 N–H and O–H groups in total. The van der Waals surface area contributed by atoms with Crippen LogP contribution in [0.3, 0.4) is 0 Å². The van der Waals surface area contributed by atoms with Crippen molar-refractivity contribution in [2.75, 3.05) is 25.5 Å². The molecule has 0 saturated carbocycles. The lowest BCUT2D eigenvalue weighted by molar-refractivity contribution is -0.129. The highest BCUT2D eigenvalue weighted by Gasteiger charge is 2.34. The molecule has 1 fully saturated rings. The number of nitrogens with zero attached hydrogens (tertiary/aromatic N) is 4. The third-order valence-electron chi connectivity index (χ3n) is 3.54. The van der Waals surface area contributed by atoms with Gasteiger partial charge in [0.15, 0.2) is 0 Å². The molecule has 8 nitrogen and oxygen atoms in total. The van der Waals surface area contributed by atoms with Crippen LogP contribution in [0.2, 0.25) is 0 Å². The van der Waals surface area contributed by atoms with E-state index in [0.29, 0.717) is 5.69 Å². The maximum absolute atomic E-state index is 12.0. The van der Waals surface area contributed by atoms with Crippen LogP contribution in [-0.4, -0.2) is 57.3 Å². The van der Waals surface area contributed by atoms with E-state index in [1.165, 1.54) is 11.9 Å². The van der Waals surface area contributed by atoms with Gasteiger partial charge in [-0.15, -0.1) is 0 Å². The molecule has 2 aromatic rings. The Hall–Kier alpha value is -2.90. The number of likely N-dealkylation sites (N-methyl/N-ethyl adjacent to an activating group) is 1. The molecule has 8 heteroatoms. The quantitative estimate of drug-likeness (QED) is 0.832. The zero-order chi connectivity index (χ0) is 15.9. The van der Waals surface area contributed by atoms with E-state index in [1.807, 2.05) is 17.7 Å². The number of nitrogens with one attached hydrogen (secondary N) is 1. The van der Waals surface area contributed by atoms with Crippen molar-refractivity contribution in [2.24, 2.45) is 7.05 Å². The minimum absolute atomic E-state index is 0.00596. The summed E-state index contributed by atoms with van der Waals surface area (Å²) in [4.78, 5) is 41.8. The number of aryl methyl sites for hydroxylation is 1. The lowest BCUT2D eigenvalue weighted by Gasteiger charge is -2.13. The average Bonchev–Trinajstić information content (AvgIpc) is 2.94. The van der Waals surface area contributed by atoms with Crippen LogP contribution < -0.4 is 5.32 Å². The first-order valence-electron chi connectivity index (χ1n) is 6.72. The predicted octanol–water partition coefficient (Wildman–Crippen LogP) is 0.406. The van der Waals surface area contributed by atoms with E-state index in [1.54, 1.807) is 18.5 Å². The number of urea groups is 1. The Kier molecular flexibility index (Phi) is 3.28. The third kappa shape index (κ3) is 2.39. The molecule has 0 aliphatic carbocycles. The summed E-state index contributed by atoms with van der Waals surface area (Å²) in [5, 5.41) is 2.67. The Morgan fingerprint density at radius 3 is 2.77 bits per heavy atom. The van der Waals surface area contributed by atoms with Crippen LogP contribution in [0.25, 0.3) is 11.0 Å². The summed E-state index contributed by atoms with van der Waals surface area (Å²) in [5.41, 5.74) is 2.28. The average molecular weight is 301 g/mol. The van der Waals surface area contributed by atoms with Crippen LogP contribution >= 0.6 is 0 Å². The van der Waals surface area contributed by atoms with Crippen molar-refractivity contribution in [3.63, 3.8) is 0 Å². The summed E-state index contributed by atoms with van der Waals surface area (Å²) in [5.74, 6) is -0.796. The van der Waals surface area contributed by atoms with Crippen molar-refractivity contribution in [3.8, 4) is 0 Å². The first-order valence-corrected chi connectivity index (χ1v) is 6.72. The van der Waals surface area contributed by atoms with Crippen molar-refractivity contribution >= 4 is 34.6 Å². The van der Waals surface area contributed by atoms with E-state index in [9.17, 15) is 14.4 Å². The SMILES string of the molecule is CN1CC(=O)N(CC(=O)Nc2ccc3c(c2)ncn3C)C1=O. The molecule has 0 bridgehead atoms. The van der Waals surface area contributed by atoms with E-state index in [0.717, 1.165) is 15.9 Å². The summed E-state index contributed by atoms with van der Waals surface area (Å²) in [6.07, 6.45) is 1.69. The zero-order valence-electron chi connectivity index (χ0n) is 12.2. The molecule has 1 aliphatic heterocycles. The van der Waals surface area contributed by atoms with Gasteiger partial charge in [0.05, 0.1) is 17.4 Å². The van der Waals surface area contributed by atoms with Gasteiger partial charge >= 0.3 is 6.03 Å². The number of benzene rings is 1. The summed E-state index contributed by atoms with van der Waals surface area (Å²) in [6, 6.07) is 4.88. The monoisotopic (exact) mass is 301 g/mol. The Labute approximate surface area is 126 Å². The number of carbonyl (C=O) groups is 3. The Bertz CT molecular complexity index is 782. The van der Waals surface area contributed by atoms with Gasteiger partial charge in [-0.25, -0.2) is 9.78 Å². The molecule has 2 heterocycles. The van der Waals surface area contributed by atoms with Crippen molar-refractivity contribution < 1.29 is 14.4 Å².